The van der Waals surface area contributed by atoms with Crippen molar-refractivity contribution in [3.05, 3.63) is 55.7 Å². The molecule has 8 nitrogen and oxygen atoms in total. The van der Waals surface area contributed by atoms with Crippen molar-refractivity contribution in [2.75, 3.05) is 43.4 Å². The monoisotopic (exact) mass is 392 g/mol. The Bertz CT molecular complexity index is 989. The van der Waals surface area contributed by atoms with Gasteiger partial charge in [0.2, 0.25) is 5.78 Å². The van der Waals surface area contributed by atoms with Crippen molar-refractivity contribution in [2.45, 2.75) is 0 Å². The number of carbonyl (C=O) groups is 1. The molecule has 0 saturated carbocycles. The molecule has 0 amide bonds. The number of benzene rings is 1. The minimum atomic E-state index is -0.641. The molecule has 0 radical (unpaired) electrons. The minimum Gasteiger partial charge on any atom is -0.384 e. The van der Waals surface area contributed by atoms with Crippen LogP contribution in [0.3, 0.4) is 0 Å². The predicted molar refractivity (Wildman–Crippen MR) is 105 cm³/mol. The van der Waals surface area contributed by atoms with E-state index in [1.54, 1.807) is 0 Å². The number of halogens is 1. The fourth-order valence-electron chi connectivity index (χ4n) is 3.37. The van der Waals surface area contributed by atoms with E-state index in [1.165, 1.54) is 14.1 Å². The van der Waals surface area contributed by atoms with Crippen LogP contribution in [0.15, 0.2) is 33.9 Å². The second kappa shape index (κ2) is 7.58. The van der Waals surface area contributed by atoms with Gasteiger partial charge in [0.05, 0.1) is 26.2 Å². The molecule has 0 atom stereocenters. The van der Waals surface area contributed by atoms with Crippen molar-refractivity contribution in [3.8, 4) is 0 Å². The highest BCUT2D eigenvalue weighted by Crippen LogP contribution is 2.19. The molecule has 1 saturated heterocycles. The Hall–Kier alpha value is -2.58. The first-order valence-corrected chi connectivity index (χ1v) is 9.10. The maximum absolute atomic E-state index is 12.7. The highest BCUT2D eigenvalue weighted by atomic mass is 35.5. The molecule has 27 heavy (non-hydrogen) atoms. The Kier molecular flexibility index (Phi) is 5.38. The normalized spacial score (nSPS) is 15.1. The quantitative estimate of drug-likeness (QED) is 0.645. The van der Waals surface area contributed by atoms with Crippen LogP contribution in [0.2, 0.25) is 5.02 Å². The van der Waals surface area contributed by atoms with Gasteiger partial charge in [-0.3, -0.25) is 18.7 Å². The van der Waals surface area contributed by atoms with Crippen molar-refractivity contribution < 1.29 is 9.69 Å². The molecule has 1 aliphatic heterocycles. The highest BCUT2D eigenvalue weighted by molar-refractivity contribution is 6.30. The Labute approximate surface area is 161 Å². The SMILES string of the molecule is Cn1c(N)c(C(=O)C[NH+]2CCN(c3cccc(Cl)c3)CC2)c(=O)n(C)c1=O. The van der Waals surface area contributed by atoms with Gasteiger partial charge in [0.15, 0.2) is 0 Å². The van der Waals surface area contributed by atoms with Crippen molar-refractivity contribution in [3.63, 3.8) is 0 Å². The number of nitrogens with two attached hydrogens (primary N) is 1. The molecular formula is C18H23ClN5O3+. The number of hydrogen-bond acceptors (Lipinski definition) is 5. The second-order valence-electron chi connectivity index (χ2n) is 6.78. The predicted octanol–water partition coefficient (Wildman–Crippen LogP) is -1.09. The van der Waals surface area contributed by atoms with Gasteiger partial charge in [-0.2, -0.15) is 0 Å². The summed E-state index contributed by atoms with van der Waals surface area (Å²) >= 11 is 6.05. The van der Waals surface area contributed by atoms with E-state index in [0.29, 0.717) is 5.02 Å². The molecule has 3 N–H and O–H groups in total. The molecule has 0 bridgehead atoms. The van der Waals surface area contributed by atoms with Gasteiger partial charge in [0.25, 0.3) is 5.56 Å². The zero-order chi connectivity index (χ0) is 19.7. The first kappa shape index (κ1) is 19.2. The summed E-state index contributed by atoms with van der Waals surface area (Å²) in [5.41, 5.74) is 5.64. The number of carbonyl (C=O) groups excluding carboxylic acids is 1. The summed E-state index contributed by atoms with van der Waals surface area (Å²) in [5, 5.41) is 0.693. The van der Waals surface area contributed by atoms with Gasteiger partial charge in [0.1, 0.15) is 17.9 Å². The molecule has 2 heterocycles. The van der Waals surface area contributed by atoms with E-state index in [9.17, 15) is 14.4 Å². The van der Waals surface area contributed by atoms with E-state index >= 15 is 0 Å². The van der Waals surface area contributed by atoms with Gasteiger partial charge < -0.3 is 15.5 Å². The lowest BCUT2D eigenvalue weighted by molar-refractivity contribution is -0.892. The lowest BCUT2D eigenvalue weighted by Gasteiger charge is -2.33. The maximum Gasteiger partial charge on any atom is 0.332 e. The first-order valence-electron chi connectivity index (χ1n) is 8.72. The number of anilines is 2. The van der Waals surface area contributed by atoms with Crippen LogP contribution in [0.25, 0.3) is 0 Å². The van der Waals surface area contributed by atoms with Crippen LogP contribution in [0.1, 0.15) is 10.4 Å². The van der Waals surface area contributed by atoms with Crippen LogP contribution >= 0.6 is 11.6 Å². The second-order valence-corrected chi connectivity index (χ2v) is 7.22. The third kappa shape index (κ3) is 3.77. The highest BCUT2D eigenvalue weighted by Gasteiger charge is 2.27. The molecule has 1 aromatic carbocycles. The number of Topliss-reactive ketones (excluding diaryl/α,β-unsaturated/α-hetero) is 1. The molecule has 0 spiro atoms. The topological polar surface area (TPSA) is 94.8 Å². The largest absolute Gasteiger partial charge is 0.384 e. The Morgan fingerprint density at radius 2 is 1.85 bits per heavy atom. The number of nitrogens with zero attached hydrogens (tertiary/aromatic N) is 3. The van der Waals surface area contributed by atoms with Crippen molar-refractivity contribution >= 4 is 28.9 Å². The summed E-state index contributed by atoms with van der Waals surface area (Å²) in [7, 11) is 2.79. The number of nitrogen functional groups attached to an aromatic ring is 1. The maximum atomic E-state index is 12.7. The van der Waals surface area contributed by atoms with Crippen LogP contribution in [0.4, 0.5) is 11.5 Å². The van der Waals surface area contributed by atoms with E-state index in [0.717, 1.165) is 45.9 Å². The number of hydrogen-bond donors (Lipinski definition) is 2. The molecule has 2 aromatic rings. The minimum absolute atomic E-state index is 0.0786. The van der Waals surface area contributed by atoms with Crippen LogP contribution in [-0.4, -0.2) is 47.6 Å². The zero-order valence-electron chi connectivity index (χ0n) is 15.4. The van der Waals surface area contributed by atoms with E-state index in [-0.39, 0.29) is 23.7 Å². The third-order valence-electron chi connectivity index (χ3n) is 5.04. The Morgan fingerprint density at radius 1 is 1.19 bits per heavy atom. The summed E-state index contributed by atoms with van der Waals surface area (Å²) in [4.78, 5) is 40.2. The fourth-order valence-corrected chi connectivity index (χ4v) is 3.55. The number of ketones is 1. The Balaban J connectivity index is 1.70. The molecule has 3 rings (SSSR count). The molecule has 144 valence electrons. The van der Waals surface area contributed by atoms with Crippen molar-refractivity contribution in [1.82, 2.24) is 9.13 Å². The van der Waals surface area contributed by atoms with Gasteiger partial charge in [-0.05, 0) is 18.2 Å². The van der Waals surface area contributed by atoms with Crippen molar-refractivity contribution in [1.29, 1.82) is 0 Å². The van der Waals surface area contributed by atoms with E-state index in [1.807, 2.05) is 24.3 Å². The molecule has 0 aliphatic carbocycles. The number of rotatable bonds is 4. The lowest BCUT2D eigenvalue weighted by Crippen LogP contribution is -3.15. The van der Waals surface area contributed by atoms with Crippen molar-refractivity contribution in [2.24, 2.45) is 14.1 Å². The molecule has 1 aliphatic rings. The lowest BCUT2D eigenvalue weighted by atomic mass is 10.1. The first-order chi connectivity index (χ1) is 12.8. The van der Waals surface area contributed by atoms with Crippen LogP contribution in [0, 0.1) is 0 Å². The molecule has 9 heteroatoms. The molecule has 1 aromatic heterocycles. The molecular weight excluding hydrogens is 370 g/mol. The third-order valence-corrected chi connectivity index (χ3v) is 5.28. The standard InChI is InChI=1S/C18H22ClN5O3/c1-21-16(20)15(17(26)22(2)18(21)27)14(25)11-23-6-8-24(9-7-23)13-5-3-4-12(19)10-13/h3-5,10H,6-9,11,20H2,1-2H3/p+1. The van der Waals surface area contributed by atoms with Crippen LogP contribution in [0.5, 0.6) is 0 Å². The van der Waals surface area contributed by atoms with E-state index in [2.05, 4.69) is 4.90 Å². The van der Waals surface area contributed by atoms with Gasteiger partial charge in [-0.15, -0.1) is 0 Å². The number of piperazine rings is 1. The Morgan fingerprint density at radius 3 is 2.48 bits per heavy atom. The smallest absolute Gasteiger partial charge is 0.332 e. The average molecular weight is 393 g/mol. The van der Waals surface area contributed by atoms with Gasteiger partial charge in [-0.25, -0.2) is 4.79 Å². The van der Waals surface area contributed by atoms with Gasteiger partial charge in [-0.1, -0.05) is 17.7 Å². The average Bonchev–Trinajstić information content (AvgIpc) is 2.65. The van der Waals surface area contributed by atoms with E-state index < -0.39 is 11.2 Å². The molecule has 1 fully saturated rings. The number of nitrogens with one attached hydrogen (secondary N) is 1. The summed E-state index contributed by atoms with van der Waals surface area (Å²) in [6, 6.07) is 7.69. The summed E-state index contributed by atoms with van der Waals surface area (Å²) in [6.45, 7) is 3.24. The summed E-state index contributed by atoms with van der Waals surface area (Å²) in [6.07, 6.45) is 0. The zero-order valence-corrected chi connectivity index (χ0v) is 16.1. The van der Waals surface area contributed by atoms with Gasteiger partial charge >= 0.3 is 5.69 Å². The molecule has 0 unspecified atom stereocenters. The van der Waals surface area contributed by atoms with Gasteiger partial charge in [0, 0.05) is 24.8 Å². The van der Waals surface area contributed by atoms with Crippen LogP contribution in [-0.2, 0) is 14.1 Å². The number of quaternary nitrogens is 1. The van der Waals surface area contributed by atoms with Crippen LogP contribution < -0.4 is 26.8 Å². The summed E-state index contributed by atoms with van der Waals surface area (Å²) < 4.78 is 2.04. The van der Waals surface area contributed by atoms with E-state index in [4.69, 9.17) is 17.3 Å². The fraction of sp³-hybridized carbons (Fsp3) is 0.389. The number of aromatic nitrogens is 2. The summed E-state index contributed by atoms with van der Waals surface area (Å²) in [5.74, 6) is -0.417.